The van der Waals surface area contributed by atoms with Crippen molar-refractivity contribution in [1.82, 2.24) is 5.32 Å². The number of rotatable bonds is 3. The van der Waals surface area contributed by atoms with Crippen LogP contribution < -0.4 is 20.5 Å². The van der Waals surface area contributed by atoms with Gasteiger partial charge >= 0.3 is 0 Å². The predicted octanol–water partition coefficient (Wildman–Crippen LogP) is 3.87. The van der Waals surface area contributed by atoms with E-state index in [2.05, 4.69) is 5.32 Å². The van der Waals surface area contributed by atoms with Crippen LogP contribution in [0.2, 0.25) is 0 Å². The number of halogens is 2. The van der Waals surface area contributed by atoms with Gasteiger partial charge in [0, 0.05) is 17.7 Å². The number of carbonyl (C=O) groups excluding carboxylic acids is 1. The molecule has 26 heavy (non-hydrogen) atoms. The van der Waals surface area contributed by atoms with Crippen LogP contribution in [0.1, 0.15) is 42.2 Å². The second-order valence-electron chi connectivity index (χ2n) is 6.71. The van der Waals surface area contributed by atoms with Crippen molar-refractivity contribution in [2.75, 3.05) is 12.8 Å². The second kappa shape index (κ2) is 7.41. The number of hydrogen-bond donors (Lipinski definition) is 2. The Hall–Kier alpha value is -2.47. The molecule has 1 atom stereocenters. The molecule has 1 heterocycles. The lowest BCUT2D eigenvalue weighted by Gasteiger charge is -2.38. The number of nitrogens with one attached hydrogen (secondary N) is 1. The molecule has 0 aliphatic carbocycles. The lowest BCUT2D eigenvalue weighted by Crippen LogP contribution is -2.41. The van der Waals surface area contributed by atoms with Gasteiger partial charge in [0.15, 0.2) is 0 Å². The molecule has 0 bridgehead atoms. The molecule has 7 heteroatoms. The van der Waals surface area contributed by atoms with E-state index in [1.165, 1.54) is 19.2 Å². The van der Waals surface area contributed by atoms with Crippen molar-refractivity contribution in [3.05, 3.63) is 53.3 Å². The Labute approximate surface area is 158 Å². The minimum atomic E-state index is -0.629. The van der Waals surface area contributed by atoms with Gasteiger partial charge in [0.05, 0.1) is 13.2 Å². The lowest BCUT2D eigenvalue weighted by molar-refractivity contribution is 0.0618. The van der Waals surface area contributed by atoms with Crippen molar-refractivity contribution in [2.45, 2.75) is 31.9 Å². The van der Waals surface area contributed by atoms with Crippen molar-refractivity contribution in [3.63, 3.8) is 0 Å². The smallest absolute Gasteiger partial charge is 0.258 e. The summed E-state index contributed by atoms with van der Waals surface area (Å²) >= 11 is 0. The number of amides is 1. The summed E-state index contributed by atoms with van der Waals surface area (Å²) in [5.41, 5.74) is 6.65. The van der Waals surface area contributed by atoms with E-state index < -0.39 is 17.3 Å². The monoisotopic (exact) mass is 380 g/mol. The highest BCUT2D eigenvalue weighted by Gasteiger charge is 2.35. The molecule has 3 rings (SSSR count). The molecule has 5 nitrogen and oxygen atoms in total. The third kappa shape index (κ3) is 3.85. The molecule has 2 aromatic rings. The minimum absolute atomic E-state index is 0. The van der Waals surface area contributed by atoms with Crippen LogP contribution in [0.25, 0.3) is 0 Å². The van der Waals surface area contributed by atoms with Crippen LogP contribution >= 0.6 is 12.4 Å². The fraction of sp³-hybridized carbons (Fsp3) is 0.316. The Balaban J connectivity index is 0.00000243. The van der Waals surface area contributed by atoms with Gasteiger partial charge in [-0.15, -0.1) is 12.4 Å². The topological polar surface area (TPSA) is 73.6 Å². The highest BCUT2D eigenvalue weighted by Crippen LogP contribution is 2.40. The summed E-state index contributed by atoms with van der Waals surface area (Å²) in [6, 6.07) is 9.24. The zero-order chi connectivity index (χ0) is 18.2. The fourth-order valence-electron chi connectivity index (χ4n) is 3.13. The van der Waals surface area contributed by atoms with Crippen molar-refractivity contribution in [2.24, 2.45) is 0 Å². The number of nitrogen functional groups attached to an aromatic ring is 1. The molecule has 0 radical (unpaired) electrons. The summed E-state index contributed by atoms with van der Waals surface area (Å²) in [5.74, 6) is -0.310. The maximum Gasteiger partial charge on any atom is 0.258 e. The van der Waals surface area contributed by atoms with Crippen LogP contribution in [-0.4, -0.2) is 18.6 Å². The van der Waals surface area contributed by atoms with Crippen LogP contribution in [0.15, 0.2) is 36.4 Å². The van der Waals surface area contributed by atoms with Crippen molar-refractivity contribution >= 4 is 24.0 Å². The largest absolute Gasteiger partial charge is 0.496 e. The molecule has 0 fully saturated rings. The number of benzene rings is 2. The standard InChI is InChI=1S/C19H21FN2O3.ClH/c1-19(2)10-14(12-9-11(21)7-8-15(12)25-19)22-18(23)17-13(20)5-4-6-16(17)24-3;/h4-9,14H,10,21H2,1-3H3,(H,22,23);1H. The first-order chi connectivity index (χ1) is 11.8. The molecule has 1 aliphatic rings. The molecular weight excluding hydrogens is 359 g/mol. The van der Waals surface area contributed by atoms with Gasteiger partial charge in [-0.2, -0.15) is 0 Å². The van der Waals surface area contributed by atoms with Gasteiger partial charge in [-0.05, 0) is 44.2 Å². The van der Waals surface area contributed by atoms with Gasteiger partial charge in [-0.25, -0.2) is 4.39 Å². The van der Waals surface area contributed by atoms with E-state index in [0.717, 1.165) is 5.56 Å². The van der Waals surface area contributed by atoms with E-state index in [0.29, 0.717) is 17.9 Å². The summed E-state index contributed by atoms with van der Waals surface area (Å²) in [5, 5.41) is 2.90. The quantitative estimate of drug-likeness (QED) is 0.793. The number of anilines is 1. The maximum atomic E-state index is 14.2. The molecule has 2 aromatic carbocycles. The van der Waals surface area contributed by atoms with Gasteiger partial charge in [-0.3, -0.25) is 4.79 Å². The van der Waals surface area contributed by atoms with E-state index in [1.807, 2.05) is 13.8 Å². The first kappa shape index (κ1) is 19.8. The first-order valence-electron chi connectivity index (χ1n) is 8.02. The summed E-state index contributed by atoms with van der Waals surface area (Å²) in [4.78, 5) is 12.7. The van der Waals surface area contributed by atoms with E-state index >= 15 is 0 Å². The maximum absolute atomic E-state index is 14.2. The molecule has 0 spiro atoms. The normalized spacial score (nSPS) is 17.3. The zero-order valence-corrected chi connectivity index (χ0v) is 15.7. The molecule has 1 unspecified atom stereocenters. The molecule has 0 saturated carbocycles. The van der Waals surface area contributed by atoms with E-state index in [9.17, 15) is 9.18 Å². The van der Waals surface area contributed by atoms with Gasteiger partial charge in [-0.1, -0.05) is 6.07 Å². The average molecular weight is 381 g/mol. The first-order valence-corrected chi connectivity index (χ1v) is 8.02. The SMILES string of the molecule is COc1cccc(F)c1C(=O)NC1CC(C)(C)Oc2ccc(N)cc21.Cl. The Bertz CT molecular complexity index is 826. The fourth-order valence-corrected chi connectivity index (χ4v) is 3.13. The van der Waals surface area contributed by atoms with Gasteiger partial charge in [0.2, 0.25) is 0 Å². The lowest BCUT2D eigenvalue weighted by atomic mass is 9.89. The highest BCUT2D eigenvalue weighted by molar-refractivity contribution is 5.97. The molecule has 1 aliphatic heterocycles. The predicted molar refractivity (Wildman–Crippen MR) is 101 cm³/mol. The summed E-state index contributed by atoms with van der Waals surface area (Å²) in [6.07, 6.45) is 0.534. The average Bonchev–Trinajstić information content (AvgIpc) is 2.54. The Morgan fingerprint density at radius 3 is 2.77 bits per heavy atom. The third-order valence-electron chi connectivity index (χ3n) is 4.22. The van der Waals surface area contributed by atoms with Crippen molar-refractivity contribution < 1.29 is 18.7 Å². The summed E-state index contributed by atoms with van der Waals surface area (Å²) in [7, 11) is 1.40. The van der Waals surface area contributed by atoms with Crippen molar-refractivity contribution in [3.8, 4) is 11.5 Å². The van der Waals surface area contributed by atoms with Crippen LogP contribution in [0.3, 0.4) is 0 Å². The van der Waals surface area contributed by atoms with Crippen LogP contribution in [0, 0.1) is 5.82 Å². The Kier molecular flexibility index (Phi) is 5.66. The number of hydrogen-bond acceptors (Lipinski definition) is 4. The van der Waals surface area contributed by atoms with Crippen LogP contribution in [0.5, 0.6) is 11.5 Å². The van der Waals surface area contributed by atoms with Gasteiger partial charge in [0.1, 0.15) is 28.5 Å². The minimum Gasteiger partial charge on any atom is -0.496 e. The third-order valence-corrected chi connectivity index (χ3v) is 4.22. The van der Waals surface area contributed by atoms with E-state index in [-0.39, 0.29) is 29.8 Å². The van der Waals surface area contributed by atoms with Gasteiger partial charge in [0.25, 0.3) is 5.91 Å². The molecule has 0 saturated heterocycles. The number of carbonyl (C=O) groups is 1. The molecule has 3 N–H and O–H groups in total. The van der Waals surface area contributed by atoms with E-state index in [1.54, 1.807) is 24.3 Å². The molecule has 1 amide bonds. The number of nitrogens with two attached hydrogens (primary N) is 1. The zero-order valence-electron chi connectivity index (χ0n) is 14.8. The summed E-state index contributed by atoms with van der Waals surface area (Å²) < 4.78 is 25.2. The van der Waals surface area contributed by atoms with Crippen LogP contribution in [0.4, 0.5) is 10.1 Å². The second-order valence-corrected chi connectivity index (χ2v) is 6.71. The Morgan fingerprint density at radius 1 is 1.35 bits per heavy atom. The molecule has 140 valence electrons. The van der Waals surface area contributed by atoms with E-state index in [4.69, 9.17) is 15.2 Å². The number of ether oxygens (including phenoxy) is 2. The molecular formula is C19H22ClFN2O3. The van der Waals surface area contributed by atoms with Crippen molar-refractivity contribution in [1.29, 1.82) is 0 Å². The van der Waals surface area contributed by atoms with Crippen LogP contribution in [-0.2, 0) is 0 Å². The summed E-state index contributed by atoms with van der Waals surface area (Å²) in [6.45, 7) is 3.88. The Morgan fingerprint density at radius 2 is 2.08 bits per heavy atom. The number of methoxy groups -OCH3 is 1. The van der Waals surface area contributed by atoms with Gasteiger partial charge < -0.3 is 20.5 Å². The molecule has 0 aromatic heterocycles. The number of fused-ring (bicyclic) bond motifs is 1. The highest BCUT2D eigenvalue weighted by atomic mass is 35.5.